The van der Waals surface area contributed by atoms with Crippen LogP contribution in [0.5, 0.6) is 0 Å². The zero-order chi connectivity index (χ0) is 68.9. The van der Waals surface area contributed by atoms with Gasteiger partial charge in [0, 0.05) is 6.42 Å². The molecule has 0 aromatic rings. The second-order valence-corrected chi connectivity index (χ2v) is 26.8. The van der Waals surface area contributed by atoms with Crippen molar-refractivity contribution in [1.29, 1.82) is 0 Å². The Balaban J connectivity index is 1.24. The van der Waals surface area contributed by atoms with Crippen LogP contribution < -0.4 is 5.32 Å². The standard InChI is InChI=1S/C76H135NO18/c1-3-5-7-9-11-13-14-15-16-17-18-19-20-21-22-23-24-25-26-27-28-29-30-31-32-33-34-35-36-37-38-39-40-41-42-43-44-46-48-50-52-54-64(82)77-59(60(81)53-51-49-47-45-12-10-8-6-4-2)58-90-74-70(88)67(85)72(62(56-79)92-74)95-76-71(89)68(86)73(63(57-80)93-76)94-75-69(87)66(84)65(83)61(55-78)91-75/h4,6,12,14-15,17-18,20-21,45,51,53,59-63,65-76,78-81,83-89H,3,5,7-11,13,16,19,22-44,46-50,52,54-58H2,1-2H3,(H,77,82)/b6-4+,15-14-,18-17-,21-20-,45-12+,53-51+. The molecular weight excluding hydrogens is 1210 g/mol. The van der Waals surface area contributed by atoms with Crippen molar-refractivity contribution in [2.75, 3.05) is 26.4 Å². The van der Waals surface area contributed by atoms with Gasteiger partial charge in [-0.1, -0.05) is 260 Å². The highest BCUT2D eigenvalue weighted by Gasteiger charge is 2.53. The van der Waals surface area contributed by atoms with Gasteiger partial charge in [0.2, 0.25) is 5.91 Å². The first-order chi connectivity index (χ1) is 46.3. The van der Waals surface area contributed by atoms with E-state index < -0.39 is 124 Å². The number of amides is 1. The zero-order valence-corrected chi connectivity index (χ0v) is 58.6. The Kier molecular flexibility index (Phi) is 51.8. The van der Waals surface area contributed by atoms with Gasteiger partial charge in [0.05, 0.1) is 38.6 Å². The minimum atomic E-state index is -1.98. The number of aliphatic hydroxyl groups excluding tert-OH is 11. The van der Waals surface area contributed by atoms with Crippen LogP contribution in [0.3, 0.4) is 0 Å². The fourth-order valence-corrected chi connectivity index (χ4v) is 12.5. The Morgan fingerprint density at radius 1 is 0.400 bits per heavy atom. The smallest absolute Gasteiger partial charge is 0.220 e. The number of allylic oxidation sites excluding steroid dienone is 11. The fourth-order valence-electron chi connectivity index (χ4n) is 12.5. The number of carbonyl (C=O) groups is 1. The van der Waals surface area contributed by atoms with Crippen LogP contribution in [0.15, 0.2) is 72.9 Å². The Labute approximate surface area is 572 Å². The van der Waals surface area contributed by atoms with Gasteiger partial charge in [-0.2, -0.15) is 0 Å². The van der Waals surface area contributed by atoms with E-state index >= 15 is 0 Å². The van der Waals surface area contributed by atoms with Gasteiger partial charge in [-0.3, -0.25) is 4.79 Å². The molecule has 95 heavy (non-hydrogen) atoms. The highest BCUT2D eigenvalue weighted by atomic mass is 16.8. The third-order valence-electron chi connectivity index (χ3n) is 18.5. The molecule has 3 aliphatic heterocycles. The quantitative estimate of drug-likeness (QED) is 0.0199. The van der Waals surface area contributed by atoms with E-state index in [9.17, 15) is 61.0 Å². The molecule has 3 rings (SSSR count). The highest BCUT2D eigenvalue weighted by Crippen LogP contribution is 2.33. The molecule has 3 aliphatic rings. The van der Waals surface area contributed by atoms with E-state index in [0.717, 1.165) is 51.4 Å². The van der Waals surface area contributed by atoms with Crippen molar-refractivity contribution in [2.45, 2.75) is 375 Å². The summed E-state index contributed by atoms with van der Waals surface area (Å²) in [5.41, 5.74) is 0. The molecule has 0 aromatic carbocycles. The van der Waals surface area contributed by atoms with Crippen LogP contribution >= 0.6 is 0 Å². The van der Waals surface area contributed by atoms with E-state index in [1.165, 1.54) is 186 Å². The molecule has 1 amide bonds. The van der Waals surface area contributed by atoms with Crippen LogP contribution in [-0.4, -0.2) is 193 Å². The average molecular weight is 1350 g/mol. The molecule has 17 atom stereocenters. The van der Waals surface area contributed by atoms with Crippen molar-refractivity contribution in [2.24, 2.45) is 0 Å². The summed E-state index contributed by atoms with van der Waals surface area (Å²) in [6, 6.07) is -0.995. The van der Waals surface area contributed by atoms with Gasteiger partial charge in [-0.05, 0) is 77.6 Å². The average Bonchev–Trinajstić information content (AvgIpc) is 0.795. The molecule has 3 heterocycles. The number of rotatable bonds is 58. The molecule has 0 spiro atoms. The molecule has 19 heteroatoms. The van der Waals surface area contributed by atoms with Gasteiger partial charge >= 0.3 is 0 Å². The fraction of sp³-hybridized carbons (Fsp3) is 0.829. The summed E-state index contributed by atoms with van der Waals surface area (Å²) in [6.45, 7) is 1.45. The number of carbonyl (C=O) groups excluding carboxylic acids is 1. The lowest BCUT2D eigenvalue weighted by atomic mass is 9.96. The second-order valence-electron chi connectivity index (χ2n) is 26.8. The van der Waals surface area contributed by atoms with Crippen molar-refractivity contribution >= 4 is 5.91 Å². The minimum Gasteiger partial charge on any atom is -0.394 e. The Morgan fingerprint density at radius 3 is 1.18 bits per heavy atom. The monoisotopic (exact) mass is 1350 g/mol. The molecule has 12 N–H and O–H groups in total. The van der Waals surface area contributed by atoms with Crippen LogP contribution in [0.1, 0.15) is 271 Å². The summed E-state index contributed by atoms with van der Waals surface area (Å²) < 4.78 is 34.2. The number of ether oxygens (including phenoxy) is 6. The summed E-state index contributed by atoms with van der Waals surface area (Å²) >= 11 is 0. The first-order valence-electron chi connectivity index (χ1n) is 37.7. The Morgan fingerprint density at radius 2 is 0.747 bits per heavy atom. The molecule has 0 aromatic heterocycles. The van der Waals surface area contributed by atoms with E-state index in [-0.39, 0.29) is 18.9 Å². The first-order valence-corrected chi connectivity index (χ1v) is 37.7. The summed E-state index contributed by atoms with van der Waals surface area (Å²) in [7, 11) is 0. The third kappa shape index (κ3) is 38.0. The predicted octanol–water partition coefficient (Wildman–Crippen LogP) is 11.3. The summed E-state index contributed by atoms with van der Waals surface area (Å²) in [6.07, 6.45) is 47.0. The van der Waals surface area contributed by atoms with Gasteiger partial charge in [-0.25, -0.2) is 0 Å². The minimum absolute atomic E-state index is 0.232. The van der Waals surface area contributed by atoms with Gasteiger partial charge < -0.3 is 89.9 Å². The van der Waals surface area contributed by atoms with Crippen LogP contribution in [-0.2, 0) is 33.2 Å². The van der Waals surface area contributed by atoms with Gasteiger partial charge in [-0.15, -0.1) is 0 Å². The molecule has 19 nitrogen and oxygen atoms in total. The summed E-state index contributed by atoms with van der Waals surface area (Å²) in [5.74, 6) is -0.291. The number of aliphatic hydroxyl groups is 11. The molecular formula is C76H135NO18. The molecule has 3 saturated heterocycles. The van der Waals surface area contributed by atoms with Crippen molar-refractivity contribution < 1.29 is 89.4 Å². The highest BCUT2D eigenvalue weighted by molar-refractivity contribution is 5.76. The van der Waals surface area contributed by atoms with Crippen LogP contribution in [0, 0.1) is 0 Å². The van der Waals surface area contributed by atoms with Gasteiger partial charge in [0.1, 0.15) is 73.2 Å². The molecule has 0 bridgehead atoms. The maximum atomic E-state index is 13.3. The number of hydrogen-bond acceptors (Lipinski definition) is 18. The van der Waals surface area contributed by atoms with Gasteiger partial charge in [0.25, 0.3) is 0 Å². The third-order valence-corrected chi connectivity index (χ3v) is 18.5. The van der Waals surface area contributed by atoms with Crippen LogP contribution in [0.2, 0.25) is 0 Å². The largest absolute Gasteiger partial charge is 0.394 e. The van der Waals surface area contributed by atoms with E-state index in [1.807, 2.05) is 19.1 Å². The van der Waals surface area contributed by atoms with Crippen molar-refractivity contribution in [3.8, 4) is 0 Å². The molecule has 0 radical (unpaired) electrons. The van der Waals surface area contributed by atoms with Crippen molar-refractivity contribution in [3.63, 3.8) is 0 Å². The lowest BCUT2D eigenvalue weighted by molar-refractivity contribution is -0.379. The zero-order valence-electron chi connectivity index (χ0n) is 58.6. The normalized spacial score (nSPS) is 27.6. The molecule has 0 aliphatic carbocycles. The molecule has 552 valence electrons. The van der Waals surface area contributed by atoms with Crippen LogP contribution in [0.25, 0.3) is 0 Å². The maximum Gasteiger partial charge on any atom is 0.220 e. The molecule has 0 saturated carbocycles. The van der Waals surface area contributed by atoms with Gasteiger partial charge in [0.15, 0.2) is 18.9 Å². The van der Waals surface area contributed by atoms with E-state index in [0.29, 0.717) is 12.8 Å². The Hall–Kier alpha value is -2.77. The lowest BCUT2D eigenvalue weighted by Gasteiger charge is -2.48. The lowest BCUT2D eigenvalue weighted by Crippen LogP contribution is -2.66. The van der Waals surface area contributed by atoms with Crippen molar-refractivity contribution in [1.82, 2.24) is 5.32 Å². The first kappa shape index (κ1) is 86.5. The number of nitrogens with one attached hydrogen (secondary N) is 1. The second kappa shape index (κ2) is 56.9. The number of hydrogen-bond donors (Lipinski definition) is 12. The number of unbranched alkanes of at least 4 members (excludes halogenated alkanes) is 33. The maximum absolute atomic E-state index is 13.3. The SMILES string of the molecule is C/C=C/CC/C=C/CC/C=C/C(O)C(COC1OC(CO)C(OC2OC(CO)C(OC3OC(CO)C(O)C(O)C3O)C(O)C2O)C(O)C1O)NC(=O)CCCCCCCCCCCCCCCCCCCCCCCCCCCC/C=C\C/C=C\C/C=C\CCCCCCC. The van der Waals surface area contributed by atoms with E-state index in [4.69, 9.17) is 28.4 Å². The van der Waals surface area contributed by atoms with Crippen LogP contribution in [0.4, 0.5) is 0 Å². The predicted molar refractivity (Wildman–Crippen MR) is 374 cm³/mol. The van der Waals surface area contributed by atoms with E-state index in [1.54, 1.807) is 6.08 Å². The van der Waals surface area contributed by atoms with Crippen molar-refractivity contribution in [3.05, 3.63) is 72.9 Å². The topological polar surface area (TPSA) is 307 Å². The summed E-state index contributed by atoms with van der Waals surface area (Å²) in [5, 5.41) is 120. The molecule has 3 fully saturated rings. The summed E-state index contributed by atoms with van der Waals surface area (Å²) in [4.78, 5) is 13.3. The molecule has 17 unspecified atom stereocenters. The van der Waals surface area contributed by atoms with E-state index in [2.05, 4.69) is 66.9 Å². The Bertz CT molecular complexity index is 2000.